The Hall–Kier alpha value is -3.59. The molecule has 34 heavy (non-hydrogen) atoms. The summed E-state index contributed by atoms with van der Waals surface area (Å²) in [6, 6.07) is 16.9. The number of ether oxygens (including phenoxy) is 1. The van der Waals surface area contributed by atoms with Crippen LogP contribution >= 0.6 is 11.3 Å². The molecule has 0 unspecified atom stereocenters. The van der Waals surface area contributed by atoms with Crippen LogP contribution in [0.4, 0.5) is 5.00 Å². The predicted molar refractivity (Wildman–Crippen MR) is 135 cm³/mol. The first-order valence-corrected chi connectivity index (χ1v) is 11.7. The maximum absolute atomic E-state index is 13.0. The molecule has 4 rings (SSSR count). The molecule has 0 aliphatic rings. The zero-order valence-electron chi connectivity index (χ0n) is 19.0. The number of pyridine rings is 1. The van der Waals surface area contributed by atoms with E-state index < -0.39 is 5.92 Å². The molecule has 0 radical (unpaired) electrons. The molecule has 1 amide bonds. The third-order valence-corrected chi connectivity index (χ3v) is 6.56. The number of aryl methyl sites for hydroxylation is 2. The van der Waals surface area contributed by atoms with Gasteiger partial charge in [0.05, 0.1) is 21.2 Å². The van der Waals surface area contributed by atoms with Crippen molar-refractivity contribution >= 4 is 38.3 Å². The van der Waals surface area contributed by atoms with Crippen LogP contribution in [0.2, 0.25) is 0 Å². The van der Waals surface area contributed by atoms with Gasteiger partial charge in [-0.1, -0.05) is 42.0 Å². The highest BCUT2D eigenvalue weighted by molar-refractivity contribution is 7.22. The number of rotatable bonds is 8. The van der Waals surface area contributed by atoms with Gasteiger partial charge in [0.2, 0.25) is 5.91 Å². The normalized spacial score (nSPS) is 11.9. The minimum absolute atomic E-state index is 0.147. The van der Waals surface area contributed by atoms with Crippen molar-refractivity contribution in [2.24, 2.45) is 5.84 Å². The van der Waals surface area contributed by atoms with Crippen LogP contribution in [0.25, 0.3) is 10.1 Å². The molecular formula is C26H26N4O3S. The van der Waals surface area contributed by atoms with Gasteiger partial charge in [0, 0.05) is 18.9 Å². The van der Waals surface area contributed by atoms with Crippen molar-refractivity contribution in [3.63, 3.8) is 0 Å². The SMILES string of the molecule is Cc1ccc(C(=O)OCc2ccc([C@@H](CNN)C(=O)Nc3cc4ccncc4s3)cc2)c(C)c1. The lowest BCUT2D eigenvalue weighted by Gasteiger charge is -2.17. The summed E-state index contributed by atoms with van der Waals surface area (Å²) >= 11 is 1.47. The van der Waals surface area contributed by atoms with Crippen LogP contribution in [0.15, 0.2) is 67.0 Å². The van der Waals surface area contributed by atoms with Crippen molar-refractivity contribution in [1.82, 2.24) is 10.4 Å². The van der Waals surface area contributed by atoms with Crippen LogP contribution in [-0.4, -0.2) is 23.4 Å². The maximum atomic E-state index is 13.0. The minimum Gasteiger partial charge on any atom is -0.457 e. The molecule has 8 heteroatoms. The number of hydrogen-bond donors (Lipinski definition) is 3. The van der Waals surface area contributed by atoms with Crippen LogP contribution in [0.3, 0.4) is 0 Å². The van der Waals surface area contributed by atoms with Crippen molar-refractivity contribution in [2.45, 2.75) is 26.4 Å². The maximum Gasteiger partial charge on any atom is 0.338 e. The first-order chi connectivity index (χ1) is 16.4. The van der Waals surface area contributed by atoms with Gasteiger partial charge in [0.25, 0.3) is 0 Å². The topological polar surface area (TPSA) is 106 Å². The standard InChI is InChI=1S/C26H26N4O3S/c1-16-3-8-21(17(2)11-16)26(32)33-15-18-4-6-19(7-5-18)22(13-29-27)25(31)30-24-12-20-9-10-28-14-23(20)34-24/h3-12,14,22,29H,13,15,27H2,1-2H3,(H,30,31)/t22-/m1/s1. The smallest absolute Gasteiger partial charge is 0.338 e. The Morgan fingerprint density at radius 1 is 1.09 bits per heavy atom. The Balaban J connectivity index is 1.41. The zero-order valence-corrected chi connectivity index (χ0v) is 19.8. The van der Waals surface area contributed by atoms with Crippen molar-refractivity contribution in [1.29, 1.82) is 0 Å². The summed E-state index contributed by atoms with van der Waals surface area (Å²) in [6.45, 7) is 4.30. The number of amides is 1. The second-order valence-electron chi connectivity index (χ2n) is 8.11. The third kappa shape index (κ3) is 5.48. The lowest BCUT2D eigenvalue weighted by atomic mass is 9.97. The fraction of sp³-hybridized carbons (Fsp3) is 0.192. The fourth-order valence-corrected chi connectivity index (χ4v) is 4.68. The number of nitrogens with zero attached hydrogens (tertiary/aromatic N) is 1. The molecule has 0 saturated heterocycles. The van der Waals surface area contributed by atoms with E-state index >= 15 is 0 Å². The van der Waals surface area contributed by atoms with E-state index in [1.54, 1.807) is 18.5 Å². The summed E-state index contributed by atoms with van der Waals surface area (Å²) in [4.78, 5) is 29.6. The summed E-state index contributed by atoms with van der Waals surface area (Å²) in [5.41, 5.74) is 6.79. The number of hydrazine groups is 1. The van der Waals surface area contributed by atoms with E-state index in [9.17, 15) is 9.59 Å². The zero-order chi connectivity index (χ0) is 24.1. The van der Waals surface area contributed by atoms with Gasteiger partial charge < -0.3 is 10.1 Å². The molecule has 0 aliphatic heterocycles. The number of nitrogens with two attached hydrogens (primary N) is 1. The monoisotopic (exact) mass is 474 g/mol. The summed E-state index contributed by atoms with van der Waals surface area (Å²) in [6.07, 6.45) is 3.50. The second-order valence-corrected chi connectivity index (χ2v) is 9.19. The average Bonchev–Trinajstić information content (AvgIpc) is 3.23. The highest BCUT2D eigenvalue weighted by Crippen LogP contribution is 2.30. The number of anilines is 1. The van der Waals surface area contributed by atoms with Gasteiger partial charge in [-0.25, -0.2) is 4.79 Å². The van der Waals surface area contributed by atoms with Gasteiger partial charge in [0.1, 0.15) is 6.61 Å². The van der Waals surface area contributed by atoms with Crippen LogP contribution < -0.4 is 16.6 Å². The second kappa shape index (κ2) is 10.6. The van der Waals surface area contributed by atoms with Gasteiger partial charge >= 0.3 is 5.97 Å². The summed E-state index contributed by atoms with van der Waals surface area (Å²) in [5.74, 6) is 4.55. The number of aromatic nitrogens is 1. The summed E-state index contributed by atoms with van der Waals surface area (Å²) in [5, 5.41) is 4.77. The quantitative estimate of drug-likeness (QED) is 0.198. The number of carbonyl (C=O) groups excluding carboxylic acids is 2. The molecule has 1 atom stereocenters. The minimum atomic E-state index is -0.486. The average molecular weight is 475 g/mol. The highest BCUT2D eigenvalue weighted by Gasteiger charge is 2.21. The van der Waals surface area contributed by atoms with E-state index in [0.717, 1.165) is 37.3 Å². The highest BCUT2D eigenvalue weighted by atomic mass is 32.1. The van der Waals surface area contributed by atoms with E-state index in [2.05, 4.69) is 15.7 Å². The molecule has 0 fully saturated rings. The molecule has 4 aromatic rings. The Labute approximate surface area is 201 Å². The van der Waals surface area contributed by atoms with Gasteiger partial charge in [0.15, 0.2) is 0 Å². The number of esters is 1. The molecular weight excluding hydrogens is 448 g/mol. The van der Waals surface area contributed by atoms with E-state index in [1.807, 2.05) is 62.4 Å². The van der Waals surface area contributed by atoms with Gasteiger partial charge in [-0.15, -0.1) is 11.3 Å². The number of carbonyl (C=O) groups is 2. The van der Waals surface area contributed by atoms with E-state index in [-0.39, 0.29) is 25.0 Å². The van der Waals surface area contributed by atoms with Crippen molar-refractivity contribution in [2.75, 3.05) is 11.9 Å². The van der Waals surface area contributed by atoms with E-state index in [4.69, 9.17) is 10.6 Å². The first kappa shape index (κ1) is 23.6. The Morgan fingerprint density at radius 2 is 1.88 bits per heavy atom. The predicted octanol–water partition coefficient (Wildman–Crippen LogP) is 4.46. The van der Waals surface area contributed by atoms with Crippen LogP contribution in [0, 0.1) is 13.8 Å². The van der Waals surface area contributed by atoms with Crippen molar-refractivity contribution in [3.05, 3.63) is 94.8 Å². The molecule has 2 aromatic heterocycles. The molecule has 174 valence electrons. The lowest BCUT2D eigenvalue weighted by molar-refractivity contribution is -0.117. The van der Waals surface area contributed by atoms with Crippen molar-refractivity contribution in [3.8, 4) is 0 Å². The molecule has 0 spiro atoms. The molecule has 0 saturated carbocycles. The first-order valence-electron chi connectivity index (χ1n) is 10.9. The van der Waals surface area contributed by atoms with Gasteiger partial charge in [-0.05, 0) is 54.1 Å². The summed E-state index contributed by atoms with van der Waals surface area (Å²) in [7, 11) is 0. The van der Waals surface area contributed by atoms with E-state index in [0.29, 0.717) is 5.56 Å². The number of fused-ring (bicyclic) bond motifs is 1. The molecule has 2 heterocycles. The number of benzene rings is 2. The number of thiophene rings is 1. The Morgan fingerprint density at radius 3 is 2.59 bits per heavy atom. The largest absolute Gasteiger partial charge is 0.457 e. The molecule has 0 bridgehead atoms. The van der Waals surface area contributed by atoms with E-state index in [1.165, 1.54) is 11.3 Å². The number of nitrogens with one attached hydrogen (secondary N) is 2. The Bertz CT molecular complexity index is 1280. The molecule has 7 nitrogen and oxygen atoms in total. The fourth-order valence-electron chi connectivity index (χ4n) is 3.75. The van der Waals surface area contributed by atoms with Gasteiger partial charge in [-0.3, -0.25) is 21.0 Å². The van der Waals surface area contributed by atoms with Crippen molar-refractivity contribution < 1.29 is 14.3 Å². The molecule has 4 N–H and O–H groups in total. The third-order valence-electron chi connectivity index (χ3n) is 5.56. The number of hydrogen-bond acceptors (Lipinski definition) is 7. The van der Waals surface area contributed by atoms with Crippen LogP contribution in [0.1, 0.15) is 38.5 Å². The van der Waals surface area contributed by atoms with Crippen LogP contribution in [-0.2, 0) is 16.1 Å². The molecule has 0 aliphatic carbocycles. The van der Waals surface area contributed by atoms with Gasteiger partial charge in [-0.2, -0.15) is 0 Å². The molecule has 2 aromatic carbocycles. The Kier molecular flexibility index (Phi) is 7.32. The summed E-state index contributed by atoms with van der Waals surface area (Å²) < 4.78 is 6.49. The lowest BCUT2D eigenvalue weighted by Crippen LogP contribution is -2.34. The van der Waals surface area contributed by atoms with Crippen LogP contribution in [0.5, 0.6) is 0 Å².